The third-order valence-corrected chi connectivity index (χ3v) is 4.21. The van der Waals surface area contributed by atoms with Crippen molar-refractivity contribution in [3.8, 4) is 0 Å². The number of methoxy groups -OCH3 is 1. The summed E-state index contributed by atoms with van der Waals surface area (Å²) in [5.41, 5.74) is -0.171. The highest BCUT2D eigenvalue weighted by molar-refractivity contribution is 6.01. The van der Waals surface area contributed by atoms with Gasteiger partial charge in [0.05, 0.1) is 12.7 Å². The van der Waals surface area contributed by atoms with Gasteiger partial charge < -0.3 is 14.4 Å². The quantitative estimate of drug-likeness (QED) is 0.392. The van der Waals surface area contributed by atoms with Crippen LogP contribution in [0.5, 0.6) is 0 Å². The topological polar surface area (TPSA) is 55.8 Å². The predicted molar refractivity (Wildman–Crippen MR) is 99.3 cm³/mol. The molecule has 6 heteroatoms. The Kier molecular flexibility index (Phi) is 7.60. The molecule has 0 unspecified atom stereocenters. The van der Waals surface area contributed by atoms with Gasteiger partial charge >= 0.3 is 6.09 Å². The van der Waals surface area contributed by atoms with Crippen LogP contribution in [0.15, 0.2) is 35.9 Å². The van der Waals surface area contributed by atoms with E-state index in [1.54, 1.807) is 25.7 Å². The minimum atomic E-state index is -0.823. The van der Waals surface area contributed by atoms with Gasteiger partial charge in [0, 0.05) is 19.0 Å². The monoisotopic (exact) mass is 367 g/mol. The van der Waals surface area contributed by atoms with E-state index in [0.29, 0.717) is 37.9 Å². The molecule has 0 radical (unpaired) electrons. The zero-order valence-electron chi connectivity index (χ0n) is 16.5. The lowest BCUT2D eigenvalue weighted by atomic mass is 9.87. The first kappa shape index (κ1) is 21.9. The van der Waals surface area contributed by atoms with Crippen molar-refractivity contribution in [1.29, 1.82) is 0 Å². The minimum absolute atomic E-state index is 0.143. The molecule has 1 fully saturated rings. The highest BCUT2D eigenvalue weighted by Gasteiger charge is 2.33. The fourth-order valence-electron chi connectivity index (χ4n) is 2.81. The van der Waals surface area contributed by atoms with E-state index in [4.69, 9.17) is 9.47 Å². The summed E-state index contributed by atoms with van der Waals surface area (Å²) < 4.78 is 24.6. The number of nitrogens with zero attached hydrogens (tertiary/aromatic N) is 1. The molecule has 1 amide bonds. The van der Waals surface area contributed by atoms with Gasteiger partial charge in [-0.2, -0.15) is 0 Å². The average Bonchev–Trinajstić information content (AvgIpc) is 2.56. The van der Waals surface area contributed by atoms with Crippen molar-refractivity contribution in [3.05, 3.63) is 35.9 Å². The van der Waals surface area contributed by atoms with Crippen molar-refractivity contribution in [3.63, 3.8) is 0 Å². The normalized spacial score (nSPS) is 16.6. The van der Waals surface area contributed by atoms with E-state index in [9.17, 15) is 14.0 Å². The molecule has 5 nitrogen and oxygen atoms in total. The van der Waals surface area contributed by atoms with Gasteiger partial charge in [-0.25, -0.2) is 9.18 Å². The Morgan fingerprint density at radius 3 is 2.12 bits per heavy atom. The molecule has 0 saturated carbocycles. The smallest absolute Gasteiger partial charge is 0.410 e. The first-order valence-corrected chi connectivity index (χ1v) is 8.85. The Balaban J connectivity index is 2.89. The van der Waals surface area contributed by atoms with Gasteiger partial charge in [-0.1, -0.05) is 20.1 Å². The second-order valence-corrected chi connectivity index (χ2v) is 7.38. The van der Waals surface area contributed by atoms with E-state index in [0.717, 1.165) is 0 Å². The summed E-state index contributed by atoms with van der Waals surface area (Å²) in [4.78, 5) is 26.5. The Morgan fingerprint density at radius 1 is 1.19 bits per heavy atom. The zero-order valence-corrected chi connectivity index (χ0v) is 16.5. The summed E-state index contributed by atoms with van der Waals surface area (Å²) in [6.07, 6.45) is 1.00. The number of hydrogen-bond donors (Lipinski definition) is 0. The Bertz CT molecular complexity index is 608. The van der Waals surface area contributed by atoms with Gasteiger partial charge in [-0.3, -0.25) is 4.79 Å². The van der Waals surface area contributed by atoms with Crippen LogP contribution in [-0.2, 0) is 14.3 Å². The molecule has 1 heterocycles. The fourth-order valence-corrected chi connectivity index (χ4v) is 2.81. The van der Waals surface area contributed by atoms with Crippen molar-refractivity contribution >= 4 is 11.9 Å². The van der Waals surface area contributed by atoms with Gasteiger partial charge in [0.1, 0.15) is 17.2 Å². The van der Waals surface area contributed by atoms with E-state index in [1.165, 1.54) is 7.11 Å². The molecule has 146 valence electrons. The molecule has 0 spiro atoms. The van der Waals surface area contributed by atoms with E-state index < -0.39 is 23.4 Å². The highest BCUT2D eigenvalue weighted by atomic mass is 19.1. The molecule has 0 aromatic heterocycles. The molecule has 1 aliphatic heterocycles. The number of ether oxygens (including phenoxy) is 2. The molecule has 26 heavy (non-hydrogen) atoms. The van der Waals surface area contributed by atoms with Gasteiger partial charge in [0.2, 0.25) is 0 Å². The van der Waals surface area contributed by atoms with E-state index in [2.05, 4.69) is 13.2 Å². The van der Waals surface area contributed by atoms with Crippen LogP contribution in [0.25, 0.3) is 0 Å². The number of carbonyl (C=O) groups is 2. The van der Waals surface area contributed by atoms with Crippen LogP contribution >= 0.6 is 0 Å². The summed E-state index contributed by atoms with van der Waals surface area (Å²) in [6.45, 7) is 15.1. The van der Waals surface area contributed by atoms with Crippen LogP contribution in [0.2, 0.25) is 0 Å². The molecule has 0 aromatic rings. The van der Waals surface area contributed by atoms with Crippen LogP contribution in [0, 0.1) is 5.92 Å². The second-order valence-electron chi connectivity index (χ2n) is 7.38. The third-order valence-electron chi connectivity index (χ3n) is 4.21. The van der Waals surface area contributed by atoms with Crippen molar-refractivity contribution < 1.29 is 23.5 Å². The van der Waals surface area contributed by atoms with Gasteiger partial charge in [0.25, 0.3) is 0 Å². The van der Waals surface area contributed by atoms with E-state index in [1.807, 2.05) is 6.92 Å². The Morgan fingerprint density at radius 2 is 1.73 bits per heavy atom. The number of piperidine rings is 1. The van der Waals surface area contributed by atoms with E-state index >= 15 is 0 Å². The van der Waals surface area contributed by atoms with E-state index in [-0.39, 0.29) is 17.1 Å². The summed E-state index contributed by atoms with van der Waals surface area (Å²) in [5.74, 6) is -1.42. The van der Waals surface area contributed by atoms with Crippen molar-refractivity contribution in [1.82, 2.24) is 4.90 Å². The first-order chi connectivity index (χ1) is 12.0. The number of likely N-dealkylation sites (tertiary alicyclic amines) is 1. The summed E-state index contributed by atoms with van der Waals surface area (Å²) in [7, 11) is 1.39. The summed E-state index contributed by atoms with van der Waals surface area (Å²) >= 11 is 0. The lowest BCUT2D eigenvalue weighted by Crippen LogP contribution is -2.43. The molecule has 0 atom stereocenters. The number of ketones is 1. The predicted octanol–water partition coefficient (Wildman–Crippen LogP) is 4.55. The zero-order chi connectivity index (χ0) is 20.1. The molecule has 1 rings (SSSR count). The molecule has 1 aliphatic rings. The van der Waals surface area contributed by atoms with Crippen molar-refractivity contribution in [2.24, 2.45) is 5.92 Å². The molecule has 1 saturated heterocycles. The first-order valence-electron chi connectivity index (χ1n) is 8.85. The standard InChI is InChI=1S/C20H30FNO4/c1-8-13(2)18(25-7)16(14(3)21)17(23)15-9-11-22(12-10-15)19(24)26-20(4,5)6/h15H,2-3,8-12H2,1,4-7H3/b18-16-. The fraction of sp³-hybridized carbons (Fsp3) is 0.600. The van der Waals surface area contributed by atoms with Crippen molar-refractivity contribution in [2.45, 2.75) is 52.6 Å². The van der Waals surface area contributed by atoms with Crippen LogP contribution in [0.3, 0.4) is 0 Å². The number of Topliss-reactive ketones (excluding diaryl/α,β-unsaturated/α-hetero) is 1. The number of hydrogen-bond acceptors (Lipinski definition) is 4. The van der Waals surface area contributed by atoms with Crippen LogP contribution < -0.4 is 0 Å². The maximum atomic E-state index is 14.0. The van der Waals surface area contributed by atoms with Crippen LogP contribution in [-0.4, -0.2) is 42.6 Å². The second kappa shape index (κ2) is 9.01. The SMILES string of the molecule is C=C(CC)/C(OC)=C(\C(=C)F)C(=O)C1CCN(C(=O)OC(C)(C)C)CC1. The number of amides is 1. The van der Waals surface area contributed by atoms with Gasteiger partial charge in [0.15, 0.2) is 5.78 Å². The molecule has 0 bridgehead atoms. The Labute approximate surface area is 155 Å². The Hall–Kier alpha value is -2.11. The number of halogens is 1. The van der Waals surface area contributed by atoms with Gasteiger partial charge in [-0.05, 0) is 45.6 Å². The van der Waals surface area contributed by atoms with Crippen LogP contribution in [0.1, 0.15) is 47.0 Å². The average molecular weight is 367 g/mol. The lowest BCUT2D eigenvalue weighted by molar-refractivity contribution is -0.120. The number of allylic oxidation sites excluding steroid dienone is 3. The lowest BCUT2D eigenvalue weighted by Gasteiger charge is -2.33. The maximum Gasteiger partial charge on any atom is 0.410 e. The number of rotatable bonds is 6. The van der Waals surface area contributed by atoms with Gasteiger partial charge in [-0.15, -0.1) is 0 Å². The molecular formula is C20H30FNO4. The third kappa shape index (κ3) is 5.71. The maximum absolute atomic E-state index is 14.0. The minimum Gasteiger partial charge on any atom is -0.496 e. The highest BCUT2D eigenvalue weighted by Crippen LogP contribution is 2.30. The summed E-state index contributed by atoms with van der Waals surface area (Å²) in [6, 6.07) is 0. The van der Waals surface area contributed by atoms with Crippen molar-refractivity contribution in [2.75, 3.05) is 20.2 Å². The summed E-state index contributed by atoms with van der Waals surface area (Å²) in [5, 5.41) is 0. The molecule has 0 aliphatic carbocycles. The molecule has 0 aromatic carbocycles. The van der Waals surface area contributed by atoms with Crippen LogP contribution in [0.4, 0.5) is 9.18 Å². The largest absolute Gasteiger partial charge is 0.496 e. The number of carbonyl (C=O) groups excluding carboxylic acids is 2. The molecule has 0 N–H and O–H groups in total. The molecular weight excluding hydrogens is 337 g/mol.